The van der Waals surface area contributed by atoms with E-state index in [1.807, 2.05) is 4.90 Å². The van der Waals surface area contributed by atoms with Gasteiger partial charge in [0.05, 0.1) is 17.5 Å². The Kier molecular flexibility index (Phi) is 4.28. The van der Waals surface area contributed by atoms with Crippen LogP contribution in [0, 0.1) is 0 Å². The fraction of sp³-hybridized carbons (Fsp3) is 0.900. The number of rotatable bonds is 4. The smallest absolute Gasteiger partial charge is 0.153 e. The largest absolute Gasteiger partial charge is 0.298 e. The van der Waals surface area contributed by atoms with E-state index >= 15 is 0 Å². The molecule has 15 heavy (non-hydrogen) atoms. The van der Waals surface area contributed by atoms with E-state index in [-0.39, 0.29) is 16.8 Å². The predicted molar refractivity (Wildman–Crippen MR) is 59.6 cm³/mol. The molecule has 0 aromatic carbocycles. The minimum absolute atomic E-state index is 0.165. The lowest BCUT2D eigenvalue weighted by molar-refractivity contribution is -0.122. The first-order valence-electron chi connectivity index (χ1n) is 5.37. The maximum atomic E-state index is 11.5. The summed E-state index contributed by atoms with van der Waals surface area (Å²) in [5.74, 6) is 0.390. The molecule has 1 aliphatic heterocycles. The Hall–Kier alpha value is -0.420. The Balaban J connectivity index is 2.40. The number of likely N-dealkylation sites (tertiary alicyclic amines) is 1. The summed E-state index contributed by atoms with van der Waals surface area (Å²) in [6, 6.07) is 0. The summed E-state index contributed by atoms with van der Waals surface area (Å²) < 4.78 is 23.1. The highest BCUT2D eigenvalue weighted by Gasteiger charge is 2.21. The van der Waals surface area contributed by atoms with E-state index in [0.717, 1.165) is 13.0 Å². The van der Waals surface area contributed by atoms with E-state index < -0.39 is 9.84 Å². The topological polar surface area (TPSA) is 54.5 Å². The molecule has 0 aliphatic carbocycles. The predicted octanol–water partition coefficient (Wildman–Crippen LogP) is 0.474. The molecule has 4 nitrogen and oxygen atoms in total. The Bertz CT molecular complexity index is 322. The van der Waals surface area contributed by atoms with E-state index in [1.165, 1.54) is 0 Å². The van der Waals surface area contributed by atoms with Crippen molar-refractivity contribution >= 4 is 15.6 Å². The Labute approximate surface area is 91.6 Å². The van der Waals surface area contributed by atoms with Gasteiger partial charge < -0.3 is 0 Å². The molecule has 0 radical (unpaired) electrons. The molecular formula is C10H19NO3S. The van der Waals surface area contributed by atoms with Crippen molar-refractivity contribution in [1.82, 2.24) is 4.90 Å². The third kappa shape index (κ3) is 3.91. The maximum absolute atomic E-state index is 11.5. The second kappa shape index (κ2) is 5.07. The number of piperidine rings is 1. The minimum Gasteiger partial charge on any atom is -0.298 e. The molecular weight excluding hydrogens is 214 g/mol. The van der Waals surface area contributed by atoms with Crippen LogP contribution in [-0.2, 0) is 14.6 Å². The molecule has 0 N–H and O–H groups in total. The lowest BCUT2D eigenvalue weighted by atomic mass is 10.1. The summed E-state index contributed by atoms with van der Waals surface area (Å²) in [6.07, 6.45) is 1.51. The van der Waals surface area contributed by atoms with Crippen molar-refractivity contribution in [3.63, 3.8) is 0 Å². The molecule has 0 aromatic rings. The van der Waals surface area contributed by atoms with Crippen LogP contribution >= 0.6 is 0 Å². The van der Waals surface area contributed by atoms with E-state index in [2.05, 4.69) is 0 Å². The van der Waals surface area contributed by atoms with Crippen LogP contribution in [0.3, 0.4) is 0 Å². The number of carbonyl (C=O) groups is 1. The van der Waals surface area contributed by atoms with Crippen LogP contribution in [0.5, 0.6) is 0 Å². The number of Topliss-reactive ketones (excluding diaryl/α,β-unsaturated/α-hetero) is 1. The zero-order valence-corrected chi connectivity index (χ0v) is 10.2. The molecule has 1 heterocycles. The maximum Gasteiger partial charge on any atom is 0.153 e. The number of hydrogen-bond donors (Lipinski definition) is 0. The number of ketones is 1. The van der Waals surface area contributed by atoms with Gasteiger partial charge in [0, 0.05) is 13.0 Å². The molecule has 0 atom stereocenters. The molecule has 0 spiro atoms. The average molecular weight is 233 g/mol. The van der Waals surface area contributed by atoms with Gasteiger partial charge in [-0.15, -0.1) is 0 Å². The van der Waals surface area contributed by atoms with Gasteiger partial charge in [0.2, 0.25) is 0 Å². The van der Waals surface area contributed by atoms with Gasteiger partial charge >= 0.3 is 0 Å². The van der Waals surface area contributed by atoms with E-state index in [4.69, 9.17) is 0 Å². The molecule has 0 amide bonds. The molecule has 0 bridgehead atoms. The molecule has 1 saturated heterocycles. The molecule has 5 heteroatoms. The van der Waals surface area contributed by atoms with Gasteiger partial charge in [-0.1, -0.05) is 0 Å². The molecule has 0 aromatic heterocycles. The van der Waals surface area contributed by atoms with Gasteiger partial charge in [-0.2, -0.15) is 0 Å². The van der Waals surface area contributed by atoms with Gasteiger partial charge in [0.1, 0.15) is 5.78 Å². The second-order valence-corrected chi connectivity index (χ2v) is 7.01. The van der Waals surface area contributed by atoms with Crippen molar-refractivity contribution < 1.29 is 13.2 Å². The zero-order valence-electron chi connectivity index (χ0n) is 9.40. The number of hydrogen-bond acceptors (Lipinski definition) is 4. The van der Waals surface area contributed by atoms with Crippen molar-refractivity contribution in [2.45, 2.75) is 31.9 Å². The van der Waals surface area contributed by atoms with Gasteiger partial charge in [-0.25, -0.2) is 8.42 Å². The molecule has 1 rings (SSSR count). The monoisotopic (exact) mass is 233 g/mol. The minimum atomic E-state index is -2.97. The Morgan fingerprint density at radius 1 is 1.40 bits per heavy atom. The van der Waals surface area contributed by atoms with Gasteiger partial charge in [0.15, 0.2) is 9.84 Å². The molecule has 1 aliphatic rings. The normalized spacial score (nSPS) is 19.8. The Morgan fingerprint density at radius 2 is 2.07 bits per heavy atom. The standard InChI is InChI=1S/C10H19NO3S/c1-9(2)15(13,14)7-6-11-5-3-4-10(12)8-11/h9H,3-8H2,1-2H3. The second-order valence-electron chi connectivity index (χ2n) is 4.33. The third-order valence-corrected chi connectivity index (χ3v) is 4.93. The number of nitrogens with zero attached hydrogens (tertiary/aromatic N) is 1. The summed E-state index contributed by atoms with van der Waals surface area (Å²) in [5, 5.41) is -0.321. The first-order chi connectivity index (χ1) is 6.92. The lowest BCUT2D eigenvalue weighted by Crippen LogP contribution is -2.39. The van der Waals surface area contributed by atoms with E-state index in [9.17, 15) is 13.2 Å². The van der Waals surface area contributed by atoms with Gasteiger partial charge in [-0.05, 0) is 26.8 Å². The Morgan fingerprint density at radius 3 is 2.60 bits per heavy atom. The molecule has 1 fully saturated rings. The van der Waals surface area contributed by atoms with Crippen LogP contribution in [-0.4, -0.2) is 49.7 Å². The van der Waals surface area contributed by atoms with Crippen molar-refractivity contribution in [2.75, 3.05) is 25.4 Å². The van der Waals surface area contributed by atoms with E-state index in [1.54, 1.807) is 13.8 Å². The molecule has 88 valence electrons. The quantitative estimate of drug-likeness (QED) is 0.708. The number of carbonyl (C=O) groups excluding carboxylic acids is 1. The summed E-state index contributed by atoms with van der Waals surface area (Å²) >= 11 is 0. The van der Waals surface area contributed by atoms with Crippen molar-refractivity contribution in [3.8, 4) is 0 Å². The van der Waals surface area contributed by atoms with Crippen LogP contribution in [0.25, 0.3) is 0 Å². The highest BCUT2D eigenvalue weighted by atomic mass is 32.2. The van der Waals surface area contributed by atoms with Crippen LogP contribution in [0.15, 0.2) is 0 Å². The van der Waals surface area contributed by atoms with Crippen LogP contribution in [0.1, 0.15) is 26.7 Å². The van der Waals surface area contributed by atoms with Crippen LogP contribution in [0.2, 0.25) is 0 Å². The van der Waals surface area contributed by atoms with Crippen molar-refractivity contribution in [2.24, 2.45) is 0 Å². The third-order valence-electron chi connectivity index (χ3n) is 2.74. The first kappa shape index (κ1) is 12.6. The molecule has 0 unspecified atom stereocenters. The average Bonchev–Trinajstić information content (AvgIpc) is 2.15. The van der Waals surface area contributed by atoms with Gasteiger partial charge in [-0.3, -0.25) is 9.69 Å². The van der Waals surface area contributed by atoms with E-state index in [0.29, 0.717) is 19.5 Å². The van der Waals surface area contributed by atoms with Crippen molar-refractivity contribution in [1.29, 1.82) is 0 Å². The van der Waals surface area contributed by atoms with Gasteiger partial charge in [0.25, 0.3) is 0 Å². The highest BCUT2D eigenvalue weighted by Crippen LogP contribution is 2.07. The summed E-state index contributed by atoms with van der Waals surface area (Å²) in [4.78, 5) is 13.1. The summed E-state index contributed by atoms with van der Waals surface area (Å²) in [5.41, 5.74) is 0. The fourth-order valence-corrected chi connectivity index (χ4v) is 2.57. The number of sulfone groups is 1. The fourth-order valence-electron chi connectivity index (χ4n) is 1.59. The van der Waals surface area contributed by atoms with Crippen LogP contribution < -0.4 is 0 Å². The summed E-state index contributed by atoms with van der Waals surface area (Å²) in [6.45, 7) is 5.15. The molecule has 0 saturated carbocycles. The zero-order chi connectivity index (χ0) is 11.5. The van der Waals surface area contributed by atoms with Crippen LogP contribution in [0.4, 0.5) is 0 Å². The highest BCUT2D eigenvalue weighted by molar-refractivity contribution is 7.92. The first-order valence-corrected chi connectivity index (χ1v) is 7.09. The SMILES string of the molecule is CC(C)S(=O)(=O)CCN1CCCC(=O)C1. The lowest BCUT2D eigenvalue weighted by Gasteiger charge is -2.25. The summed E-state index contributed by atoms with van der Waals surface area (Å²) in [7, 11) is -2.97. The van der Waals surface area contributed by atoms with Crippen molar-refractivity contribution in [3.05, 3.63) is 0 Å².